The van der Waals surface area contributed by atoms with Crippen LogP contribution in [0.25, 0.3) is 0 Å². The number of hydrazine groups is 1. The van der Waals surface area contributed by atoms with Gasteiger partial charge >= 0.3 is 0 Å². The van der Waals surface area contributed by atoms with E-state index >= 15 is 0 Å². The number of hydrogen-bond donors (Lipinski definition) is 6. The van der Waals surface area contributed by atoms with Gasteiger partial charge in [0.05, 0.1) is 48.8 Å². The van der Waals surface area contributed by atoms with E-state index < -0.39 is 23.9 Å². The van der Waals surface area contributed by atoms with E-state index in [2.05, 4.69) is 21.3 Å². The molecule has 0 spiro atoms. The summed E-state index contributed by atoms with van der Waals surface area (Å²) in [6.45, 7) is 3.53. The Bertz CT molecular complexity index is 3030. The van der Waals surface area contributed by atoms with Crippen molar-refractivity contribution in [2.75, 3.05) is 41.2 Å². The molecule has 4 atom stereocenters. The topological polar surface area (TPSA) is 244 Å². The van der Waals surface area contributed by atoms with Crippen LogP contribution < -0.4 is 61.3 Å². The van der Waals surface area contributed by atoms with E-state index in [4.69, 9.17) is 29.8 Å². The van der Waals surface area contributed by atoms with Crippen molar-refractivity contribution in [1.82, 2.24) is 16.1 Å². The maximum Gasteiger partial charge on any atom is 0.261 e. The zero-order valence-corrected chi connectivity index (χ0v) is 40.9. The first-order valence-electron chi connectivity index (χ1n) is 24.2. The predicted octanol–water partition coefficient (Wildman–Crippen LogP) is 5.64. The number of carbonyl (C=O) groups excluding carboxylic acids is 6. The SMILES string of the molecule is COc1cc2c(cc1OCc1cc(COc3cc4c(cc3OC)C(=O)N3c5ccccc5C[C@H]3CN4)cc(NC(=O)[C@H](C)NC(=O)[C@H](C)NC(=O)CCCCC(=O)NN)c1)N=C[C@@H]1Cc3ccccc3N1C2=O. The molecule has 9 rings (SSSR count). The lowest BCUT2D eigenvalue weighted by Crippen LogP contribution is -2.50. The fourth-order valence-electron chi connectivity index (χ4n) is 9.60. The molecule has 5 aromatic carbocycles. The van der Waals surface area contributed by atoms with E-state index in [-0.39, 0.29) is 61.8 Å². The molecule has 0 fully saturated rings. The molecule has 0 saturated heterocycles. The Morgan fingerprint density at radius 3 is 1.96 bits per heavy atom. The zero-order chi connectivity index (χ0) is 51.3. The lowest BCUT2D eigenvalue weighted by Gasteiger charge is -2.22. The lowest BCUT2D eigenvalue weighted by atomic mass is 10.1. The number of methoxy groups -OCH3 is 2. The molecule has 19 heteroatoms. The maximum absolute atomic E-state index is 14.1. The van der Waals surface area contributed by atoms with E-state index in [0.29, 0.717) is 88.1 Å². The Morgan fingerprint density at radius 2 is 1.29 bits per heavy atom. The van der Waals surface area contributed by atoms with Crippen LogP contribution in [-0.4, -0.2) is 86.6 Å². The van der Waals surface area contributed by atoms with Gasteiger partial charge in [0.1, 0.15) is 25.3 Å². The van der Waals surface area contributed by atoms with Crippen LogP contribution >= 0.6 is 0 Å². The van der Waals surface area contributed by atoms with Gasteiger partial charge in [0, 0.05) is 61.2 Å². The minimum Gasteiger partial charge on any atom is -0.493 e. The standard InChI is InChI=1S/C54H57N9O10/c1-30(58-49(64)15-9-10-16-50(65)61-55)51(66)59-31(2)52(67)60-36-18-32(28-72-47-24-41-39(22-45(47)70-3)53(68)62-37(26-56-41)20-34-11-5-7-13-43(34)62)17-33(19-36)29-73-48-25-42-40(23-46(48)71-4)54(69)63-38(27-57-42)21-35-12-6-8-14-44(35)63/h5-8,11-14,17-19,22-26,30-31,37-38,57H,9-10,15-16,20-21,27-29,55H2,1-4H3,(H,58,64)(H,59,66)(H,60,67)(H,61,65)/t30-,31-,37-,38-/m0/s1. The van der Waals surface area contributed by atoms with Crippen LogP contribution in [0.4, 0.5) is 28.4 Å². The highest BCUT2D eigenvalue weighted by Gasteiger charge is 2.39. The molecular formula is C54H57N9O10. The summed E-state index contributed by atoms with van der Waals surface area (Å²) in [5.41, 5.74) is 9.42. The largest absolute Gasteiger partial charge is 0.493 e. The van der Waals surface area contributed by atoms with Crippen LogP contribution in [0.2, 0.25) is 0 Å². The Hall–Kier alpha value is -8.45. The van der Waals surface area contributed by atoms with Gasteiger partial charge in [0.25, 0.3) is 11.8 Å². The van der Waals surface area contributed by atoms with Gasteiger partial charge in [-0.1, -0.05) is 36.4 Å². The number of nitrogens with two attached hydrogens (primary N) is 1. The number of aliphatic imine (C=N–C) groups is 1. The second-order valence-electron chi connectivity index (χ2n) is 18.4. The van der Waals surface area contributed by atoms with E-state index in [1.807, 2.05) is 64.9 Å². The van der Waals surface area contributed by atoms with E-state index in [1.165, 1.54) is 28.1 Å². The fourth-order valence-corrected chi connectivity index (χ4v) is 9.60. The fraction of sp³-hybridized carbons (Fsp3) is 0.315. The molecule has 4 aliphatic heterocycles. The molecule has 0 saturated carbocycles. The lowest BCUT2D eigenvalue weighted by molar-refractivity contribution is -0.130. The minimum atomic E-state index is -1.03. The van der Waals surface area contributed by atoms with Crippen molar-refractivity contribution >= 4 is 70.1 Å². The van der Waals surface area contributed by atoms with Crippen LogP contribution in [0.1, 0.15) is 82.5 Å². The summed E-state index contributed by atoms with van der Waals surface area (Å²) in [5.74, 6) is 4.31. The zero-order valence-electron chi connectivity index (χ0n) is 40.9. The number of unbranched alkanes of at least 4 members (excludes halogenated alkanes) is 1. The highest BCUT2D eigenvalue weighted by molar-refractivity contribution is 6.15. The minimum absolute atomic E-state index is 0.00850. The first-order valence-corrected chi connectivity index (χ1v) is 24.2. The molecular weight excluding hydrogens is 935 g/mol. The third-order valence-corrected chi connectivity index (χ3v) is 13.3. The van der Waals surface area contributed by atoms with Gasteiger partial charge in [-0.15, -0.1) is 0 Å². The molecule has 73 heavy (non-hydrogen) atoms. The average molecular weight is 992 g/mol. The van der Waals surface area contributed by atoms with E-state index in [0.717, 1.165) is 28.9 Å². The Labute approximate surface area is 421 Å². The molecule has 0 aromatic heterocycles. The molecule has 4 heterocycles. The molecule has 0 unspecified atom stereocenters. The number of carbonyl (C=O) groups is 6. The van der Waals surface area contributed by atoms with Crippen molar-refractivity contribution in [3.05, 3.63) is 124 Å². The Kier molecular flexibility index (Phi) is 14.6. The Morgan fingerprint density at radius 1 is 0.699 bits per heavy atom. The Balaban J connectivity index is 0.931. The summed E-state index contributed by atoms with van der Waals surface area (Å²) in [6, 6.07) is 25.5. The van der Waals surface area contributed by atoms with Crippen LogP contribution in [0.5, 0.6) is 23.0 Å². The molecule has 4 aliphatic rings. The third kappa shape index (κ3) is 10.6. The molecule has 7 N–H and O–H groups in total. The molecule has 5 aromatic rings. The molecule has 0 bridgehead atoms. The second-order valence-corrected chi connectivity index (χ2v) is 18.4. The number of hydrogen-bond acceptors (Lipinski definition) is 13. The van der Waals surface area contributed by atoms with Gasteiger partial charge in [-0.25, -0.2) is 5.84 Å². The van der Waals surface area contributed by atoms with E-state index in [9.17, 15) is 28.8 Å². The number of benzene rings is 5. The molecule has 0 aliphatic carbocycles. The number of anilines is 4. The van der Waals surface area contributed by atoms with Crippen molar-refractivity contribution in [2.45, 2.75) is 89.8 Å². The van der Waals surface area contributed by atoms with E-state index in [1.54, 1.807) is 47.5 Å². The molecule has 6 amide bonds. The highest BCUT2D eigenvalue weighted by Crippen LogP contribution is 2.43. The van der Waals surface area contributed by atoms with Gasteiger partial charge in [-0.2, -0.15) is 0 Å². The van der Waals surface area contributed by atoms with Crippen LogP contribution in [0.3, 0.4) is 0 Å². The number of nitrogens with one attached hydrogen (secondary N) is 5. The first kappa shape index (κ1) is 49.5. The van der Waals surface area contributed by atoms with Gasteiger partial charge < -0.3 is 45.1 Å². The molecule has 0 radical (unpaired) electrons. The van der Waals surface area contributed by atoms with Gasteiger partial charge in [0.2, 0.25) is 23.6 Å². The number of fused-ring (bicyclic) bond motifs is 8. The summed E-state index contributed by atoms with van der Waals surface area (Å²) in [4.78, 5) is 87.3. The quantitative estimate of drug-likeness (QED) is 0.0270. The molecule has 19 nitrogen and oxygen atoms in total. The first-order chi connectivity index (χ1) is 35.3. The third-order valence-electron chi connectivity index (χ3n) is 13.3. The summed E-state index contributed by atoms with van der Waals surface area (Å²) >= 11 is 0. The molecule has 378 valence electrons. The van der Waals surface area contributed by atoms with Crippen molar-refractivity contribution in [3.63, 3.8) is 0 Å². The summed E-state index contributed by atoms with van der Waals surface area (Å²) in [7, 11) is 3.00. The number of rotatable bonds is 18. The normalized spacial score (nSPS) is 16.6. The summed E-state index contributed by atoms with van der Waals surface area (Å²) in [6.07, 6.45) is 4.30. The van der Waals surface area contributed by atoms with Gasteiger partial charge in [-0.05, 0) is 97.8 Å². The summed E-state index contributed by atoms with van der Waals surface area (Å²) < 4.78 is 24.4. The second kappa shape index (κ2) is 21.5. The highest BCUT2D eigenvalue weighted by atomic mass is 16.5. The van der Waals surface area contributed by atoms with Crippen molar-refractivity contribution in [2.24, 2.45) is 10.8 Å². The monoisotopic (exact) mass is 991 g/mol. The number of para-hydroxylation sites is 2. The van der Waals surface area contributed by atoms with Crippen molar-refractivity contribution in [1.29, 1.82) is 0 Å². The van der Waals surface area contributed by atoms with Crippen LogP contribution in [0, 0.1) is 0 Å². The predicted molar refractivity (Wildman–Crippen MR) is 274 cm³/mol. The van der Waals surface area contributed by atoms with Crippen molar-refractivity contribution in [3.8, 4) is 23.0 Å². The summed E-state index contributed by atoms with van der Waals surface area (Å²) in [5, 5.41) is 11.6. The number of amides is 6. The maximum atomic E-state index is 14.1. The van der Waals surface area contributed by atoms with Crippen LogP contribution in [0.15, 0.2) is 96.0 Å². The van der Waals surface area contributed by atoms with Gasteiger partial charge in [-0.3, -0.25) is 44.1 Å². The number of nitrogens with zero attached hydrogens (tertiary/aromatic N) is 3. The van der Waals surface area contributed by atoms with Gasteiger partial charge in [0.15, 0.2) is 23.0 Å². The average Bonchev–Trinajstić information content (AvgIpc) is 3.89. The number of ether oxygens (including phenoxy) is 4. The van der Waals surface area contributed by atoms with Crippen molar-refractivity contribution < 1.29 is 47.7 Å². The van der Waals surface area contributed by atoms with Crippen LogP contribution in [-0.2, 0) is 45.2 Å². The smallest absolute Gasteiger partial charge is 0.261 e.